The fraction of sp³-hybridized carbons (Fsp3) is 0.0769. The molecule has 0 bridgehead atoms. The lowest BCUT2D eigenvalue weighted by Crippen LogP contribution is -2.15. The third-order valence-electron chi connectivity index (χ3n) is 2.61. The largest absolute Gasteiger partial charge is 0.320 e. The van der Waals surface area contributed by atoms with E-state index in [1.807, 2.05) is 0 Å². The van der Waals surface area contributed by atoms with Gasteiger partial charge in [0, 0.05) is 11.1 Å². The molecule has 1 atom stereocenters. The fourth-order valence-corrected chi connectivity index (χ4v) is 2.06. The van der Waals surface area contributed by atoms with Gasteiger partial charge in [-0.3, -0.25) is 0 Å². The van der Waals surface area contributed by atoms with Gasteiger partial charge in [-0.15, -0.1) is 0 Å². The van der Waals surface area contributed by atoms with Gasteiger partial charge in [-0.2, -0.15) is 0 Å². The van der Waals surface area contributed by atoms with Gasteiger partial charge in [0.15, 0.2) is 0 Å². The minimum atomic E-state index is -1.06. The van der Waals surface area contributed by atoms with E-state index in [9.17, 15) is 13.2 Å². The first-order valence-electron chi connectivity index (χ1n) is 5.15. The van der Waals surface area contributed by atoms with Crippen molar-refractivity contribution < 1.29 is 13.2 Å². The van der Waals surface area contributed by atoms with Crippen LogP contribution in [0.25, 0.3) is 0 Å². The van der Waals surface area contributed by atoms with E-state index in [1.165, 1.54) is 12.1 Å². The summed E-state index contributed by atoms with van der Waals surface area (Å²) in [6.07, 6.45) is 0. The number of benzene rings is 2. The van der Waals surface area contributed by atoms with Crippen molar-refractivity contribution in [1.29, 1.82) is 0 Å². The summed E-state index contributed by atoms with van der Waals surface area (Å²) in [6.45, 7) is 0. The van der Waals surface area contributed by atoms with E-state index < -0.39 is 23.5 Å². The molecular weight excluding hydrogens is 307 g/mol. The molecule has 0 heterocycles. The van der Waals surface area contributed by atoms with Gasteiger partial charge >= 0.3 is 0 Å². The zero-order chi connectivity index (χ0) is 13.3. The minimum absolute atomic E-state index is 0.0769. The van der Waals surface area contributed by atoms with E-state index in [0.717, 1.165) is 18.2 Å². The molecule has 0 aliphatic carbocycles. The van der Waals surface area contributed by atoms with Gasteiger partial charge in [-0.1, -0.05) is 12.1 Å². The summed E-state index contributed by atoms with van der Waals surface area (Å²) in [5.74, 6) is -1.85. The van der Waals surface area contributed by atoms with Crippen molar-refractivity contribution in [3.05, 3.63) is 69.4 Å². The minimum Gasteiger partial charge on any atom is -0.320 e. The SMILES string of the molecule is NC(c1cc(F)ccc1F)c1cccc(Br)c1F. The normalized spacial score (nSPS) is 12.5. The van der Waals surface area contributed by atoms with E-state index in [0.29, 0.717) is 0 Å². The third-order valence-corrected chi connectivity index (χ3v) is 3.22. The maximum atomic E-state index is 13.8. The van der Waals surface area contributed by atoms with Crippen LogP contribution in [-0.2, 0) is 0 Å². The van der Waals surface area contributed by atoms with Crippen LogP contribution in [0.5, 0.6) is 0 Å². The molecular formula is C13H9BrF3N. The number of nitrogens with two attached hydrogens (primary N) is 1. The summed E-state index contributed by atoms with van der Waals surface area (Å²) in [6, 6.07) is 6.41. The van der Waals surface area contributed by atoms with E-state index in [2.05, 4.69) is 15.9 Å². The first kappa shape index (κ1) is 13.1. The van der Waals surface area contributed by atoms with E-state index >= 15 is 0 Å². The van der Waals surface area contributed by atoms with Gasteiger partial charge in [0.1, 0.15) is 17.5 Å². The van der Waals surface area contributed by atoms with Crippen LogP contribution >= 0.6 is 15.9 Å². The lowest BCUT2D eigenvalue weighted by atomic mass is 9.98. The molecule has 0 aliphatic rings. The summed E-state index contributed by atoms with van der Waals surface area (Å²) in [4.78, 5) is 0. The molecule has 94 valence electrons. The Morgan fingerprint density at radius 2 is 1.72 bits per heavy atom. The molecule has 1 unspecified atom stereocenters. The molecule has 1 nitrogen and oxygen atoms in total. The highest BCUT2D eigenvalue weighted by Gasteiger charge is 2.19. The van der Waals surface area contributed by atoms with Crippen LogP contribution < -0.4 is 5.73 Å². The molecule has 5 heteroatoms. The number of halogens is 4. The predicted molar refractivity (Wildman–Crippen MR) is 66.5 cm³/mol. The van der Waals surface area contributed by atoms with Crippen molar-refractivity contribution >= 4 is 15.9 Å². The monoisotopic (exact) mass is 315 g/mol. The molecule has 2 aromatic carbocycles. The molecule has 0 radical (unpaired) electrons. The Morgan fingerprint density at radius 1 is 1.00 bits per heavy atom. The Hall–Kier alpha value is -1.33. The average Bonchev–Trinajstić information content (AvgIpc) is 2.35. The molecule has 0 aliphatic heterocycles. The van der Waals surface area contributed by atoms with Crippen molar-refractivity contribution in [1.82, 2.24) is 0 Å². The van der Waals surface area contributed by atoms with Crippen LogP contribution in [0.15, 0.2) is 40.9 Å². The van der Waals surface area contributed by atoms with Crippen molar-refractivity contribution in [2.75, 3.05) is 0 Å². The Labute approximate surface area is 111 Å². The highest BCUT2D eigenvalue weighted by Crippen LogP contribution is 2.28. The Kier molecular flexibility index (Phi) is 3.73. The number of hydrogen-bond acceptors (Lipinski definition) is 1. The van der Waals surface area contributed by atoms with E-state index in [4.69, 9.17) is 5.73 Å². The van der Waals surface area contributed by atoms with E-state index in [1.54, 1.807) is 6.07 Å². The molecule has 2 rings (SSSR count). The van der Waals surface area contributed by atoms with Crippen LogP contribution in [0.4, 0.5) is 13.2 Å². The zero-order valence-corrected chi connectivity index (χ0v) is 10.7. The molecule has 0 spiro atoms. The predicted octanol–water partition coefficient (Wildman–Crippen LogP) is 3.91. The molecule has 0 saturated carbocycles. The molecule has 0 amide bonds. The van der Waals surface area contributed by atoms with Crippen molar-refractivity contribution in [3.8, 4) is 0 Å². The molecule has 0 fully saturated rings. The van der Waals surface area contributed by atoms with Gasteiger partial charge in [0.2, 0.25) is 0 Å². The van der Waals surface area contributed by atoms with Gasteiger partial charge in [-0.25, -0.2) is 13.2 Å². The fourth-order valence-electron chi connectivity index (χ4n) is 1.68. The van der Waals surface area contributed by atoms with Gasteiger partial charge in [0.25, 0.3) is 0 Å². The molecule has 0 aromatic heterocycles. The molecule has 2 aromatic rings. The second kappa shape index (κ2) is 5.12. The Morgan fingerprint density at radius 3 is 2.44 bits per heavy atom. The van der Waals surface area contributed by atoms with Crippen LogP contribution in [0.2, 0.25) is 0 Å². The van der Waals surface area contributed by atoms with Gasteiger partial charge < -0.3 is 5.73 Å². The Balaban J connectivity index is 2.51. The maximum Gasteiger partial charge on any atom is 0.142 e. The van der Waals surface area contributed by atoms with Crippen molar-refractivity contribution in [2.24, 2.45) is 5.73 Å². The van der Waals surface area contributed by atoms with Crippen LogP contribution in [0, 0.1) is 17.5 Å². The smallest absolute Gasteiger partial charge is 0.142 e. The van der Waals surface area contributed by atoms with E-state index in [-0.39, 0.29) is 15.6 Å². The lowest BCUT2D eigenvalue weighted by molar-refractivity contribution is 0.560. The van der Waals surface area contributed by atoms with Crippen molar-refractivity contribution in [2.45, 2.75) is 6.04 Å². The molecule has 18 heavy (non-hydrogen) atoms. The summed E-state index contributed by atoms with van der Waals surface area (Å²) in [5, 5.41) is 0. The second-order valence-electron chi connectivity index (χ2n) is 3.79. The first-order chi connectivity index (χ1) is 8.50. The highest BCUT2D eigenvalue weighted by atomic mass is 79.9. The summed E-state index contributed by atoms with van der Waals surface area (Å²) < 4.78 is 40.7. The zero-order valence-electron chi connectivity index (χ0n) is 9.13. The first-order valence-corrected chi connectivity index (χ1v) is 5.94. The highest BCUT2D eigenvalue weighted by molar-refractivity contribution is 9.10. The topological polar surface area (TPSA) is 26.0 Å². The summed E-state index contributed by atoms with van der Waals surface area (Å²) in [7, 11) is 0. The van der Waals surface area contributed by atoms with Crippen LogP contribution in [0.3, 0.4) is 0 Å². The quantitative estimate of drug-likeness (QED) is 0.893. The van der Waals surface area contributed by atoms with Gasteiger partial charge in [0.05, 0.1) is 10.5 Å². The third kappa shape index (κ3) is 2.42. The number of hydrogen-bond donors (Lipinski definition) is 1. The number of rotatable bonds is 2. The molecule has 2 N–H and O–H groups in total. The Bertz CT molecular complexity index is 584. The van der Waals surface area contributed by atoms with Crippen molar-refractivity contribution in [3.63, 3.8) is 0 Å². The standard InChI is InChI=1S/C13H9BrF3N/c14-10-3-1-2-8(12(10)17)13(18)9-6-7(15)4-5-11(9)16/h1-6,13H,18H2. The summed E-state index contributed by atoms with van der Waals surface area (Å²) in [5.41, 5.74) is 5.82. The second-order valence-corrected chi connectivity index (χ2v) is 4.64. The van der Waals surface area contributed by atoms with Crippen LogP contribution in [-0.4, -0.2) is 0 Å². The average molecular weight is 316 g/mol. The van der Waals surface area contributed by atoms with Gasteiger partial charge in [-0.05, 0) is 40.2 Å². The molecule has 0 saturated heterocycles. The van der Waals surface area contributed by atoms with Crippen LogP contribution in [0.1, 0.15) is 17.2 Å². The lowest BCUT2D eigenvalue weighted by Gasteiger charge is -2.15. The maximum absolute atomic E-state index is 13.8. The summed E-state index contributed by atoms with van der Waals surface area (Å²) >= 11 is 3.02.